The molecule has 0 aromatic heterocycles. The van der Waals surface area contributed by atoms with Crippen LogP contribution in [0.15, 0.2) is 60.3 Å². The molecule has 0 radical (unpaired) electrons. The van der Waals surface area contributed by atoms with Crippen LogP contribution in [0.25, 0.3) is 0 Å². The van der Waals surface area contributed by atoms with Crippen molar-refractivity contribution >= 4 is 0 Å². The Kier molecular flexibility index (Phi) is 2.78. The van der Waals surface area contributed by atoms with Crippen LogP contribution in [0.4, 0.5) is 0 Å². The first-order chi connectivity index (χ1) is 6.77. The fourth-order valence-corrected chi connectivity index (χ4v) is 2.74. The van der Waals surface area contributed by atoms with Gasteiger partial charge in [0.2, 0.25) is 0 Å². The van der Waals surface area contributed by atoms with Crippen molar-refractivity contribution in [3.8, 4) is 0 Å². The molecule has 0 fully saturated rings. The van der Waals surface area contributed by atoms with Crippen LogP contribution in [-0.2, 0) is 21.1 Å². The van der Waals surface area contributed by atoms with Gasteiger partial charge in [-0.15, -0.1) is 0 Å². The molecule has 0 saturated heterocycles. The van der Waals surface area contributed by atoms with E-state index in [4.69, 9.17) is 0 Å². The summed E-state index contributed by atoms with van der Waals surface area (Å²) in [7, 11) is 0. The third-order valence-electron chi connectivity index (χ3n) is 2.82. The predicted molar refractivity (Wildman–Crippen MR) is 56.6 cm³/mol. The van der Waals surface area contributed by atoms with E-state index >= 15 is 0 Å². The van der Waals surface area contributed by atoms with E-state index in [1.54, 1.807) is 0 Å². The van der Waals surface area contributed by atoms with E-state index in [0.29, 0.717) is 0 Å². The van der Waals surface area contributed by atoms with Crippen molar-refractivity contribution in [2.45, 2.75) is 16.5 Å². The van der Waals surface area contributed by atoms with E-state index < -0.39 is 0 Å². The van der Waals surface area contributed by atoms with Crippen molar-refractivity contribution in [3.63, 3.8) is 0 Å². The van der Waals surface area contributed by atoms with Crippen molar-refractivity contribution in [2.24, 2.45) is 0 Å². The average molecular weight is 262 g/mol. The van der Waals surface area contributed by atoms with Gasteiger partial charge in [0.25, 0.3) is 0 Å². The van der Waals surface area contributed by atoms with Gasteiger partial charge in [-0.1, -0.05) is 0 Å². The summed E-state index contributed by atoms with van der Waals surface area (Å²) in [5.74, 6) is 0. The van der Waals surface area contributed by atoms with Crippen molar-refractivity contribution in [2.75, 3.05) is 0 Å². The Hall–Kier alpha value is -0.560. The quantitative estimate of drug-likeness (QED) is 0.538. The van der Waals surface area contributed by atoms with Gasteiger partial charge in [0.05, 0.1) is 0 Å². The minimum absolute atomic E-state index is 0.113. The Labute approximate surface area is 97.7 Å². The van der Waals surface area contributed by atoms with E-state index in [2.05, 4.69) is 49.1 Å². The van der Waals surface area contributed by atoms with E-state index in [1.807, 2.05) is 21.1 Å². The van der Waals surface area contributed by atoms with Gasteiger partial charge in [0, 0.05) is 0 Å². The Morgan fingerprint density at radius 2 is 1.64 bits per heavy atom. The summed E-state index contributed by atoms with van der Waals surface area (Å²) < 4.78 is 0.113. The van der Waals surface area contributed by atoms with Crippen LogP contribution < -0.4 is 0 Å². The van der Waals surface area contributed by atoms with Gasteiger partial charge in [0.15, 0.2) is 0 Å². The summed E-state index contributed by atoms with van der Waals surface area (Å²) in [6.07, 6.45) is 17.5. The molecule has 0 atom stereocenters. The monoisotopic (exact) mass is 262 g/mol. The molecule has 0 N–H and O–H groups in total. The van der Waals surface area contributed by atoms with E-state index in [9.17, 15) is 0 Å². The van der Waals surface area contributed by atoms with E-state index in [1.165, 1.54) is 11.1 Å². The summed E-state index contributed by atoms with van der Waals surface area (Å²) in [6, 6.07) is 0. The van der Waals surface area contributed by atoms with Crippen molar-refractivity contribution in [1.82, 2.24) is 0 Å². The molecule has 14 heavy (non-hydrogen) atoms. The molecule has 0 saturated carbocycles. The number of hydrogen-bond donors (Lipinski definition) is 0. The molecule has 0 unspecified atom stereocenters. The maximum absolute atomic E-state index is 4.00. The summed E-state index contributed by atoms with van der Waals surface area (Å²) in [5, 5.41) is 0. The molecule has 0 amide bonds. The zero-order valence-corrected chi connectivity index (χ0v) is 10.3. The maximum atomic E-state index is 4.00. The molecular formula is C13H13Nb. The molecular weight excluding hydrogens is 249 g/mol. The molecule has 0 heterocycles. The second-order valence-electron chi connectivity index (χ2n) is 3.62. The summed E-state index contributed by atoms with van der Waals surface area (Å²) in [5.41, 5.74) is 2.97. The Balaban J connectivity index is 2.30. The van der Waals surface area contributed by atoms with Gasteiger partial charge in [-0.05, 0) is 0 Å². The number of rotatable bonds is 3. The fourth-order valence-electron chi connectivity index (χ4n) is 1.93. The second kappa shape index (κ2) is 3.90. The Bertz CT molecular complexity index is 337. The van der Waals surface area contributed by atoms with Crippen LogP contribution in [-0.4, -0.2) is 0 Å². The van der Waals surface area contributed by atoms with Crippen LogP contribution >= 0.6 is 0 Å². The van der Waals surface area contributed by atoms with Gasteiger partial charge < -0.3 is 0 Å². The Morgan fingerprint density at radius 1 is 1.14 bits per heavy atom. The first-order valence-corrected chi connectivity index (χ1v) is 5.95. The SMILES string of the molecule is C=C[C]([Nb])(C1=CC=CC1)C1=CC=CC1. The Morgan fingerprint density at radius 3 is 1.93 bits per heavy atom. The van der Waals surface area contributed by atoms with Gasteiger partial charge in [-0.2, -0.15) is 0 Å². The predicted octanol–water partition coefficient (Wildman–Crippen LogP) is 3.65. The van der Waals surface area contributed by atoms with Gasteiger partial charge >= 0.3 is 97.8 Å². The van der Waals surface area contributed by atoms with E-state index in [-0.39, 0.29) is 3.63 Å². The van der Waals surface area contributed by atoms with Crippen LogP contribution in [0, 0.1) is 0 Å². The average Bonchev–Trinajstić information content (AvgIpc) is 2.88. The second-order valence-corrected chi connectivity index (χ2v) is 5.35. The van der Waals surface area contributed by atoms with Crippen molar-refractivity contribution in [3.05, 3.63) is 60.3 Å². The molecule has 0 aromatic rings. The molecule has 0 bridgehead atoms. The summed E-state index contributed by atoms with van der Waals surface area (Å²) in [4.78, 5) is 0. The first kappa shape index (κ1) is 9.98. The first-order valence-electron chi connectivity index (χ1n) is 4.85. The van der Waals surface area contributed by atoms with Crippen LogP contribution in [0.2, 0.25) is 3.63 Å². The molecule has 1 heteroatoms. The fraction of sp³-hybridized carbons (Fsp3) is 0.231. The third kappa shape index (κ3) is 1.54. The molecule has 0 aliphatic heterocycles. The number of hydrogen-bond acceptors (Lipinski definition) is 0. The molecule has 70 valence electrons. The topological polar surface area (TPSA) is 0 Å². The molecule has 2 rings (SSSR count). The van der Waals surface area contributed by atoms with Gasteiger partial charge in [-0.3, -0.25) is 0 Å². The van der Waals surface area contributed by atoms with Gasteiger partial charge in [0.1, 0.15) is 0 Å². The third-order valence-corrected chi connectivity index (χ3v) is 4.68. The molecule has 2 aliphatic carbocycles. The standard InChI is InChI=1S/C13H13.Nb/c1-2-13(11-7-3-4-8-11)12-9-5-6-10-12;/h2-7,9H,1,8,10H2;. The molecule has 2 aliphatic rings. The van der Waals surface area contributed by atoms with Crippen LogP contribution in [0.1, 0.15) is 12.8 Å². The van der Waals surface area contributed by atoms with Crippen LogP contribution in [0.3, 0.4) is 0 Å². The summed E-state index contributed by atoms with van der Waals surface area (Å²) in [6.45, 7) is 4.00. The summed E-state index contributed by atoms with van der Waals surface area (Å²) >= 11 is 1.85. The zero-order chi connectivity index (χ0) is 10.0. The van der Waals surface area contributed by atoms with Crippen LogP contribution in [0.5, 0.6) is 0 Å². The molecule has 0 aromatic carbocycles. The zero-order valence-electron chi connectivity index (χ0n) is 8.11. The molecule has 0 spiro atoms. The van der Waals surface area contributed by atoms with Crippen molar-refractivity contribution in [1.29, 1.82) is 0 Å². The normalized spacial score (nSPS) is 19.7. The number of allylic oxidation sites excluding steroid dienone is 9. The molecule has 0 nitrogen and oxygen atoms in total. The van der Waals surface area contributed by atoms with Crippen molar-refractivity contribution < 1.29 is 21.1 Å². The van der Waals surface area contributed by atoms with Gasteiger partial charge in [-0.25, -0.2) is 0 Å². The van der Waals surface area contributed by atoms with E-state index in [0.717, 1.165) is 12.8 Å². The minimum atomic E-state index is 0.113.